The molecule has 3 N–H and O–H groups in total. The summed E-state index contributed by atoms with van der Waals surface area (Å²) in [5, 5.41) is 4.29. The van der Waals surface area contributed by atoms with Gasteiger partial charge < -0.3 is 16.0 Å². The van der Waals surface area contributed by atoms with Gasteiger partial charge in [-0.1, -0.05) is 12.1 Å². The van der Waals surface area contributed by atoms with Gasteiger partial charge in [0.15, 0.2) is 5.65 Å². The lowest BCUT2D eigenvalue weighted by Gasteiger charge is -2.21. The lowest BCUT2D eigenvalue weighted by atomic mass is 10.2. The highest BCUT2D eigenvalue weighted by Gasteiger charge is 2.18. The number of carbonyl (C=O) groups is 1. The second kappa shape index (κ2) is 6.21. The minimum Gasteiger partial charge on any atom is -0.365 e. The van der Waals surface area contributed by atoms with Gasteiger partial charge in [0.05, 0.1) is 16.6 Å². The van der Waals surface area contributed by atoms with E-state index in [9.17, 15) is 4.79 Å². The number of para-hydroxylation sites is 2. The Bertz CT molecular complexity index is 1170. The van der Waals surface area contributed by atoms with Crippen molar-refractivity contribution in [1.82, 2.24) is 19.7 Å². The molecule has 1 fully saturated rings. The molecule has 0 saturated carbocycles. The summed E-state index contributed by atoms with van der Waals surface area (Å²) in [6, 6.07) is 13.6. The Morgan fingerprint density at radius 3 is 2.81 bits per heavy atom. The first kappa shape index (κ1) is 16.0. The molecule has 0 unspecified atom stereocenters. The third-order valence-electron chi connectivity index (χ3n) is 5.13. The SMILES string of the molecule is NC(=O)c1cc2ccc(N3CCCNCC3)nc2n2c1nc1ccccc12. The first-order valence-corrected chi connectivity index (χ1v) is 9.19. The first-order valence-electron chi connectivity index (χ1n) is 9.19. The van der Waals surface area contributed by atoms with Gasteiger partial charge in [0.1, 0.15) is 11.5 Å². The van der Waals surface area contributed by atoms with Gasteiger partial charge in [-0.15, -0.1) is 0 Å². The highest BCUT2D eigenvalue weighted by atomic mass is 16.1. The van der Waals surface area contributed by atoms with Gasteiger partial charge in [0.2, 0.25) is 0 Å². The average Bonchev–Trinajstić information content (AvgIpc) is 2.86. The number of anilines is 1. The fourth-order valence-electron chi connectivity index (χ4n) is 3.81. The van der Waals surface area contributed by atoms with E-state index in [-0.39, 0.29) is 0 Å². The zero-order valence-electron chi connectivity index (χ0n) is 14.9. The second-order valence-electron chi connectivity index (χ2n) is 6.85. The quantitative estimate of drug-likeness (QED) is 0.570. The van der Waals surface area contributed by atoms with Crippen LogP contribution in [0.3, 0.4) is 0 Å². The number of imidazole rings is 1. The smallest absolute Gasteiger partial charge is 0.252 e. The molecule has 4 heterocycles. The number of benzene rings is 1. The maximum absolute atomic E-state index is 12.0. The zero-order chi connectivity index (χ0) is 18.4. The molecule has 7 nitrogen and oxygen atoms in total. The molecule has 0 radical (unpaired) electrons. The van der Waals surface area contributed by atoms with Crippen molar-refractivity contribution in [3.8, 4) is 0 Å². The van der Waals surface area contributed by atoms with Crippen LogP contribution in [0.25, 0.3) is 27.7 Å². The Morgan fingerprint density at radius 1 is 1.04 bits per heavy atom. The lowest BCUT2D eigenvalue weighted by Crippen LogP contribution is -2.28. The van der Waals surface area contributed by atoms with E-state index in [0.29, 0.717) is 11.2 Å². The number of nitrogens with two attached hydrogens (primary N) is 1. The number of rotatable bonds is 2. The molecule has 4 aromatic rings. The fourth-order valence-corrected chi connectivity index (χ4v) is 3.81. The third kappa shape index (κ3) is 2.59. The van der Waals surface area contributed by atoms with Crippen LogP contribution in [-0.4, -0.2) is 46.5 Å². The van der Waals surface area contributed by atoms with E-state index in [2.05, 4.69) is 15.2 Å². The summed E-state index contributed by atoms with van der Waals surface area (Å²) >= 11 is 0. The van der Waals surface area contributed by atoms with Crippen molar-refractivity contribution < 1.29 is 4.79 Å². The van der Waals surface area contributed by atoms with Gasteiger partial charge in [-0.3, -0.25) is 9.20 Å². The van der Waals surface area contributed by atoms with E-state index in [0.717, 1.165) is 60.5 Å². The Morgan fingerprint density at radius 2 is 1.93 bits per heavy atom. The van der Waals surface area contributed by atoms with Crippen LogP contribution in [0.2, 0.25) is 0 Å². The van der Waals surface area contributed by atoms with Crippen molar-refractivity contribution in [3.63, 3.8) is 0 Å². The van der Waals surface area contributed by atoms with Crippen molar-refractivity contribution in [3.05, 3.63) is 48.0 Å². The standard InChI is InChI=1S/C20H20N6O/c21-18(27)14-12-13-6-7-17(25-10-3-8-22-9-11-25)24-19(13)26-16-5-2-1-4-15(16)23-20(14)26/h1-2,4-7,12,22H,3,8-11H2,(H2,21,27). The average molecular weight is 360 g/mol. The summed E-state index contributed by atoms with van der Waals surface area (Å²) in [5.74, 6) is 0.456. The molecular formula is C20H20N6O. The molecule has 136 valence electrons. The lowest BCUT2D eigenvalue weighted by molar-refractivity contribution is 0.100. The summed E-state index contributed by atoms with van der Waals surface area (Å²) in [6.07, 6.45) is 1.09. The van der Waals surface area contributed by atoms with Crippen molar-refractivity contribution in [1.29, 1.82) is 0 Å². The van der Waals surface area contributed by atoms with Crippen LogP contribution in [-0.2, 0) is 0 Å². The number of nitrogens with one attached hydrogen (secondary N) is 1. The topological polar surface area (TPSA) is 88.5 Å². The van der Waals surface area contributed by atoms with E-state index < -0.39 is 5.91 Å². The third-order valence-corrected chi connectivity index (χ3v) is 5.13. The summed E-state index contributed by atoms with van der Waals surface area (Å²) in [6.45, 7) is 3.87. The van der Waals surface area contributed by atoms with Crippen molar-refractivity contribution in [2.75, 3.05) is 31.1 Å². The molecular weight excluding hydrogens is 340 g/mol. The Hall–Kier alpha value is -3.19. The number of aromatic nitrogens is 3. The Kier molecular flexibility index (Phi) is 3.68. The first-order chi connectivity index (χ1) is 13.2. The molecule has 0 aliphatic carbocycles. The van der Waals surface area contributed by atoms with Crippen LogP contribution in [0.15, 0.2) is 42.5 Å². The minimum atomic E-state index is -0.486. The van der Waals surface area contributed by atoms with E-state index in [1.807, 2.05) is 40.8 Å². The molecule has 0 spiro atoms. The van der Waals surface area contributed by atoms with Crippen LogP contribution in [0, 0.1) is 0 Å². The molecule has 1 aliphatic heterocycles. The number of pyridine rings is 2. The summed E-state index contributed by atoms with van der Waals surface area (Å²) in [5.41, 5.74) is 9.12. The van der Waals surface area contributed by atoms with Gasteiger partial charge in [-0.2, -0.15) is 0 Å². The van der Waals surface area contributed by atoms with E-state index >= 15 is 0 Å². The van der Waals surface area contributed by atoms with Crippen molar-refractivity contribution in [2.24, 2.45) is 5.73 Å². The van der Waals surface area contributed by atoms with Gasteiger partial charge in [-0.05, 0) is 43.3 Å². The summed E-state index contributed by atoms with van der Waals surface area (Å²) < 4.78 is 1.95. The highest BCUT2D eigenvalue weighted by Crippen LogP contribution is 2.27. The van der Waals surface area contributed by atoms with E-state index in [4.69, 9.17) is 10.7 Å². The number of primary amides is 1. The predicted octanol–water partition coefficient (Wildman–Crippen LogP) is 1.93. The van der Waals surface area contributed by atoms with Gasteiger partial charge in [0.25, 0.3) is 5.91 Å². The number of hydrogen-bond acceptors (Lipinski definition) is 5. The molecule has 0 atom stereocenters. The zero-order valence-corrected chi connectivity index (χ0v) is 14.9. The maximum Gasteiger partial charge on any atom is 0.252 e. The number of fused-ring (bicyclic) bond motifs is 5. The van der Waals surface area contributed by atoms with Gasteiger partial charge in [-0.25, -0.2) is 9.97 Å². The van der Waals surface area contributed by atoms with Gasteiger partial charge in [0, 0.05) is 25.0 Å². The number of nitrogens with zero attached hydrogens (tertiary/aromatic N) is 4. The van der Waals surface area contributed by atoms with E-state index in [1.165, 1.54) is 0 Å². The second-order valence-corrected chi connectivity index (χ2v) is 6.85. The van der Waals surface area contributed by atoms with Crippen LogP contribution in [0.4, 0.5) is 5.82 Å². The van der Waals surface area contributed by atoms with Crippen LogP contribution < -0.4 is 16.0 Å². The highest BCUT2D eigenvalue weighted by molar-refractivity contribution is 6.04. The number of hydrogen-bond donors (Lipinski definition) is 2. The largest absolute Gasteiger partial charge is 0.365 e. The minimum absolute atomic E-state index is 0.409. The molecule has 1 aliphatic rings. The predicted molar refractivity (Wildman–Crippen MR) is 106 cm³/mol. The normalized spacial score (nSPS) is 15.5. The van der Waals surface area contributed by atoms with Crippen molar-refractivity contribution in [2.45, 2.75) is 6.42 Å². The molecule has 3 aromatic heterocycles. The van der Waals surface area contributed by atoms with Crippen LogP contribution in [0.5, 0.6) is 0 Å². The molecule has 5 rings (SSSR count). The van der Waals surface area contributed by atoms with E-state index in [1.54, 1.807) is 6.07 Å². The van der Waals surface area contributed by atoms with Crippen LogP contribution in [0.1, 0.15) is 16.8 Å². The molecule has 27 heavy (non-hydrogen) atoms. The maximum atomic E-state index is 12.0. The Labute approximate surface area is 155 Å². The fraction of sp³-hybridized carbons (Fsp3) is 0.250. The number of amides is 1. The monoisotopic (exact) mass is 360 g/mol. The summed E-state index contributed by atoms with van der Waals surface area (Å²) in [4.78, 5) is 23.9. The Balaban J connectivity index is 1.82. The van der Waals surface area contributed by atoms with Crippen LogP contribution >= 0.6 is 0 Å². The molecule has 1 aromatic carbocycles. The molecule has 0 bridgehead atoms. The molecule has 1 amide bonds. The number of carbonyl (C=O) groups excluding carboxylic acids is 1. The molecule has 1 saturated heterocycles. The molecule has 7 heteroatoms. The van der Waals surface area contributed by atoms with Gasteiger partial charge >= 0.3 is 0 Å². The van der Waals surface area contributed by atoms with Crippen molar-refractivity contribution >= 4 is 39.4 Å². The summed E-state index contributed by atoms with van der Waals surface area (Å²) in [7, 11) is 0.